The summed E-state index contributed by atoms with van der Waals surface area (Å²) >= 11 is 0. The second-order valence-electron chi connectivity index (χ2n) is 3.86. The Hall–Kier alpha value is -1.18. The van der Waals surface area contributed by atoms with Crippen LogP contribution in [-0.2, 0) is 17.3 Å². The van der Waals surface area contributed by atoms with Gasteiger partial charge in [0.05, 0.1) is 11.6 Å². The number of rotatable bonds is 6. The summed E-state index contributed by atoms with van der Waals surface area (Å²) in [7, 11) is -0.701. The highest BCUT2D eigenvalue weighted by Crippen LogP contribution is 2.10. The maximum atomic E-state index is 11.2. The molecule has 0 saturated carbocycles. The van der Waals surface area contributed by atoms with E-state index >= 15 is 0 Å². The Labute approximate surface area is 105 Å². The minimum absolute atomic E-state index is 0.693. The topological polar surface area (TPSA) is 52.9 Å². The fraction of sp³-hybridized carbons (Fsp3) is 0.462. The number of benzene rings is 1. The summed E-state index contributed by atoms with van der Waals surface area (Å²) in [5, 5.41) is 12.0. The van der Waals surface area contributed by atoms with Crippen molar-refractivity contribution in [1.82, 2.24) is 5.32 Å². The Morgan fingerprint density at radius 1 is 1.47 bits per heavy atom. The first kappa shape index (κ1) is 13.9. The van der Waals surface area contributed by atoms with E-state index in [4.69, 9.17) is 5.26 Å². The molecule has 92 valence electrons. The van der Waals surface area contributed by atoms with Gasteiger partial charge in [-0.05, 0) is 30.2 Å². The van der Waals surface area contributed by atoms with Crippen LogP contribution in [0.5, 0.6) is 0 Å². The van der Waals surface area contributed by atoms with Crippen LogP contribution in [0.3, 0.4) is 0 Å². The molecule has 0 aromatic heterocycles. The molecule has 17 heavy (non-hydrogen) atoms. The summed E-state index contributed by atoms with van der Waals surface area (Å²) in [4.78, 5) is 0. The van der Waals surface area contributed by atoms with E-state index in [1.54, 1.807) is 0 Å². The van der Waals surface area contributed by atoms with Gasteiger partial charge >= 0.3 is 0 Å². The van der Waals surface area contributed by atoms with E-state index in [2.05, 4.69) is 11.4 Å². The molecule has 0 bridgehead atoms. The van der Waals surface area contributed by atoms with Crippen molar-refractivity contribution in [2.24, 2.45) is 0 Å². The lowest BCUT2D eigenvalue weighted by Gasteiger charge is -2.07. The van der Waals surface area contributed by atoms with Crippen molar-refractivity contribution in [3.05, 3.63) is 34.9 Å². The molecule has 0 radical (unpaired) electrons. The minimum atomic E-state index is -0.701. The Balaban J connectivity index is 2.42. The van der Waals surface area contributed by atoms with Crippen LogP contribution in [-0.4, -0.2) is 22.3 Å². The Morgan fingerprint density at radius 2 is 2.24 bits per heavy atom. The number of hydrogen-bond acceptors (Lipinski definition) is 3. The molecular weight excluding hydrogens is 232 g/mol. The molecule has 0 spiro atoms. The van der Waals surface area contributed by atoms with Gasteiger partial charge in [0, 0.05) is 35.4 Å². The van der Waals surface area contributed by atoms with Gasteiger partial charge in [-0.25, -0.2) is 0 Å². The standard InChI is InChI=1S/C13H18N2OS/c1-3-17(16)7-6-15-10-13-5-4-12(9-14)8-11(13)2/h4-5,8,15H,3,6-7,10H2,1-2H3. The molecule has 1 atom stereocenters. The molecule has 1 aromatic rings. The van der Waals surface area contributed by atoms with E-state index in [0.717, 1.165) is 24.4 Å². The van der Waals surface area contributed by atoms with Gasteiger partial charge in [-0.2, -0.15) is 5.26 Å². The first-order valence-corrected chi connectivity index (χ1v) is 7.21. The Morgan fingerprint density at radius 3 is 2.82 bits per heavy atom. The molecule has 0 amide bonds. The van der Waals surface area contributed by atoms with Crippen molar-refractivity contribution in [2.75, 3.05) is 18.1 Å². The quantitative estimate of drug-likeness (QED) is 0.782. The first-order chi connectivity index (χ1) is 8.17. The number of nitriles is 1. The molecule has 0 fully saturated rings. The number of hydrogen-bond donors (Lipinski definition) is 1. The molecule has 0 aliphatic heterocycles. The first-order valence-electron chi connectivity index (χ1n) is 5.72. The largest absolute Gasteiger partial charge is 0.312 e. The predicted molar refractivity (Wildman–Crippen MR) is 71.2 cm³/mol. The zero-order valence-electron chi connectivity index (χ0n) is 10.3. The van der Waals surface area contributed by atoms with E-state index < -0.39 is 10.8 Å². The van der Waals surface area contributed by atoms with Crippen molar-refractivity contribution in [1.29, 1.82) is 5.26 Å². The summed E-state index contributed by atoms with van der Waals surface area (Å²) in [6.45, 7) is 5.46. The third-order valence-electron chi connectivity index (χ3n) is 2.62. The predicted octanol–water partition coefficient (Wildman–Crippen LogP) is 1.72. The molecule has 4 heteroatoms. The maximum absolute atomic E-state index is 11.2. The average molecular weight is 250 g/mol. The van der Waals surface area contributed by atoms with Crippen LogP contribution >= 0.6 is 0 Å². The van der Waals surface area contributed by atoms with Crippen LogP contribution in [0, 0.1) is 18.3 Å². The molecule has 0 saturated heterocycles. The summed E-state index contributed by atoms with van der Waals surface area (Å²) in [5.41, 5.74) is 3.00. The average Bonchev–Trinajstić information content (AvgIpc) is 2.35. The number of aryl methyl sites for hydroxylation is 1. The van der Waals surface area contributed by atoms with Gasteiger partial charge in [-0.3, -0.25) is 4.21 Å². The highest BCUT2D eigenvalue weighted by atomic mass is 32.2. The lowest BCUT2D eigenvalue weighted by atomic mass is 10.1. The van der Waals surface area contributed by atoms with Gasteiger partial charge in [0.15, 0.2) is 0 Å². The molecule has 1 unspecified atom stereocenters. The van der Waals surface area contributed by atoms with Crippen molar-refractivity contribution >= 4 is 10.8 Å². The third kappa shape index (κ3) is 4.68. The molecule has 0 aliphatic rings. The highest BCUT2D eigenvalue weighted by Gasteiger charge is 2.00. The lowest BCUT2D eigenvalue weighted by Crippen LogP contribution is -2.21. The summed E-state index contributed by atoms with van der Waals surface area (Å²) < 4.78 is 11.2. The highest BCUT2D eigenvalue weighted by molar-refractivity contribution is 7.84. The molecule has 1 aromatic carbocycles. The van der Waals surface area contributed by atoms with Crippen LogP contribution in [0.2, 0.25) is 0 Å². The summed E-state index contributed by atoms with van der Waals surface area (Å²) in [5.74, 6) is 1.42. The number of nitrogens with one attached hydrogen (secondary N) is 1. The van der Waals surface area contributed by atoms with E-state index in [1.807, 2.05) is 32.0 Å². The van der Waals surface area contributed by atoms with Gasteiger partial charge < -0.3 is 5.32 Å². The summed E-state index contributed by atoms with van der Waals surface area (Å²) in [6.07, 6.45) is 0. The molecule has 1 rings (SSSR count). The van der Waals surface area contributed by atoms with Crippen LogP contribution in [0.25, 0.3) is 0 Å². The van der Waals surface area contributed by atoms with Crippen LogP contribution in [0.4, 0.5) is 0 Å². The van der Waals surface area contributed by atoms with E-state index in [9.17, 15) is 4.21 Å². The second kappa shape index (κ2) is 7.21. The SMILES string of the molecule is CCS(=O)CCNCc1ccc(C#N)cc1C. The van der Waals surface area contributed by atoms with Gasteiger partial charge in [0.25, 0.3) is 0 Å². The van der Waals surface area contributed by atoms with Crippen LogP contribution in [0.1, 0.15) is 23.6 Å². The molecule has 0 aliphatic carbocycles. The smallest absolute Gasteiger partial charge is 0.0991 e. The van der Waals surface area contributed by atoms with Gasteiger partial charge in [-0.15, -0.1) is 0 Å². The van der Waals surface area contributed by atoms with Crippen molar-refractivity contribution < 1.29 is 4.21 Å². The van der Waals surface area contributed by atoms with E-state index in [0.29, 0.717) is 11.3 Å². The molecule has 3 nitrogen and oxygen atoms in total. The van der Waals surface area contributed by atoms with Crippen molar-refractivity contribution in [3.63, 3.8) is 0 Å². The third-order valence-corrected chi connectivity index (χ3v) is 3.92. The van der Waals surface area contributed by atoms with Crippen molar-refractivity contribution in [3.8, 4) is 6.07 Å². The van der Waals surface area contributed by atoms with E-state index in [1.165, 1.54) is 5.56 Å². The van der Waals surface area contributed by atoms with Gasteiger partial charge in [0.1, 0.15) is 0 Å². The second-order valence-corrected chi connectivity index (χ2v) is 5.73. The Kier molecular flexibility index (Phi) is 5.88. The van der Waals surface area contributed by atoms with Crippen molar-refractivity contribution in [2.45, 2.75) is 20.4 Å². The maximum Gasteiger partial charge on any atom is 0.0991 e. The fourth-order valence-electron chi connectivity index (χ4n) is 1.52. The number of nitrogens with zero attached hydrogens (tertiary/aromatic N) is 1. The zero-order chi connectivity index (χ0) is 12.7. The van der Waals surface area contributed by atoms with Gasteiger partial charge in [0.2, 0.25) is 0 Å². The van der Waals surface area contributed by atoms with Crippen LogP contribution < -0.4 is 5.32 Å². The normalized spacial score (nSPS) is 12.1. The van der Waals surface area contributed by atoms with Crippen LogP contribution in [0.15, 0.2) is 18.2 Å². The zero-order valence-corrected chi connectivity index (χ0v) is 11.1. The molecule has 0 heterocycles. The Bertz CT molecular complexity index is 438. The summed E-state index contributed by atoms with van der Waals surface area (Å²) in [6, 6.07) is 7.81. The molecular formula is C13H18N2OS. The minimum Gasteiger partial charge on any atom is -0.312 e. The van der Waals surface area contributed by atoms with E-state index in [-0.39, 0.29) is 0 Å². The lowest BCUT2D eigenvalue weighted by molar-refractivity contribution is 0.673. The fourth-order valence-corrected chi connectivity index (χ4v) is 2.18. The van der Waals surface area contributed by atoms with Gasteiger partial charge in [-0.1, -0.05) is 13.0 Å². The molecule has 1 N–H and O–H groups in total. The monoisotopic (exact) mass is 250 g/mol.